The zero-order valence-electron chi connectivity index (χ0n) is 13.1. The van der Waals surface area contributed by atoms with Gasteiger partial charge >= 0.3 is 6.18 Å². The van der Waals surface area contributed by atoms with Gasteiger partial charge in [0.25, 0.3) is 11.6 Å². The second-order valence-electron chi connectivity index (χ2n) is 5.10. The van der Waals surface area contributed by atoms with Crippen molar-refractivity contribution in [3.05, 3.63) is 63.1 Å². The van der Waals surface area contributed by atoms with E-state index < -0.39 is 16.7 Å². The number of halogens is 4. The molecule has 2 aromatic heterocycles. The Bertz CT molecular complexity index is 976. The van der Waals surface area contributed by atoms with Crippen molar-refractivity contribution in [2.45, 2.75) is 12.8 Å². The van der Waals surface area contributed by atoms with Crippen LogP contribution < -0.4 is 4.74 Å². The van der Waals surface area contributed by atoms with Gasteiger partial charge in [0.2, 0.25) is 11.8 Å². The molecule has 0 atom stereocenters. The Morgan fingerprint density at radius 1 is 1.22 bits per heavy atom. The molecule has 3 aromatic rings. The smallest absolute Gasteiger partial charge is 0.417 e. The summed E-state index contributed by atoms with van der Waals surface area (Å²) in [4.78, 5) is 13.6. The molecular weight excluding hydrogens is 393 g/mol. The van der Waals surface area contributed by atoms with Crippen LogP contribution in [0.25, 0.3) is 11.5 Å². The SMILES string of the molecule is O=[N+]([O-])c1ccc(-c2nnc(COc3ncc(C(F)(F)F)cc3Cl)o2)cc1. The van der Waals surface area contributed by atoms with Gasteiger partial charge in [-0.25, -0.2) is 4.98 Å². The van der Waals surface area contributed by atoms with Crippen molar-refractivity contribution in [2.24, 2.45) is 0 Å². The number of benzene rings is 1. The van der Waals surface area contributed by atoms with Gasteiger partial charge in [-0.3, -0.25) is 10.1 Å². The fraction of sp³-hybridized carbons (Fsp3) is 0.133. The van der Waals surface area contributed by atoms with Crippen LogP contribution in [0.3, 0.4) is 0 Å². The molecule has 140 valence electrons. The third-order valence-electron chi connectivity index (χ3n) is 3.26. The minimum Gasteiger partial charge on any atom is -0.467 e. The average molecular weight is 401 g/mol. The van der Waals surface area contributed by atoms with Gasteiger partial charge in [-0.15, -0.1) is 10.2 Å². The third kappa shape index (κ3) is 4.31. The zero-order chi connectivity index (χ0) is 19.6. The van der Waals surface area contributed by atoms with E-state index in [1.54, 1.807) is 0 Å². The van der Waals surface area contributed by atoms with Gasteiger partial charge < -0.3 is 9.15 Å². The summed E-state index contributed by atoms with van der Waals surface area (Å²) in [6.07, 6.45) is -3.97. The molecule has 0 unspecified atom stereocenters. The molecule has 12 heteroatoms. The van der Waals surface area contributed by atoms with Crippen LogP contribution >= 0.6 is 11.6 Å². The number of hydrogen-bond donors (Lipinski definition) is 0. The molecule has 2 heterocycles. The fourth-order valence-electron chi connectivity index (χ4n) is 1.97. The zero-order valence-corrected chi connectivity index (χ0v) is 13.9. The van der Waals surface area contributed by atoms with Crippen molar-refractivity contribution in [1.29, 1.82) is 0 Å². The Labute approximate surface area is 153 Å². The first kappa shape index (κ1) is 18.6. The monoisotopic (exact) mass is 400 g/mol. The molecule has 0 amide bonds. The van der Waals surface area contributed by atoms with Crippen LogP contribution in [0.15, 0.2) is 40.9 Å². The van der Waals surface area contributed by atoms with E-state index in [1.807, 2.05) is 0 Å². The summed E-state index contributed by atoms with van der Waals surface area (Å²) in [5.41, 5.74) is -0.645. The molecule has 0 saturated carbocycles. The van der Waals surface area contributed by atoms with Gasteiger partial charge in [-0.05, 0) is 18.2 Å². The standard InChI is InChI=1S/C15H8ClF3N4O4/c16-11-5-9(15(17,18)19)6-20-14(11)26-7-12-21-22-13(27-12)8-1-3-10(4-2-8)23(24)25/h1-6H,7H2. The summed E-state index contributed by atoms with van der Waals surface area (Å²) in [6.45, 7) is -0.280. The fourth-order valence-corrected chi connectivity index (χ4v) is 2.19. The number of alkyl halides is 3. The van der Waals surface area contributed by atoms with Crippen molar-refractivity contribution in [2.75, 3.05) is 0 Å². The first-order chi connectivity index (χ1) is 12.7. The molecule has 0 radical (unpaired) electrons. The molecule has 0 saturated heterocycles. The summed E-state index contributed by atoms with van der Waals surface area (Å²) in [5, 5.41) is 17.8. The van der Waals surface area contributed by atoms with Crippen LogP contribution in [-0.2, 0) is 12.8 Å². The van der Waals surface area contributed by atoms with Gasteiger partial charge in [0, 0.05) is 23.9 Å². The minimum absolute atomic E-state index is 0.0149. The maximum atomic E-state index is 12.6. The molecule has 0 bridgehead atoms. The maximum absolute atomic E-state index is 12.6. The van der Waals surface area contributed by atoms with Crippen molar-refractivity contribution in [1.82, 2.24) is 15.2 Å². The van der Waals surface area contributed by atoms with E-state index in [2.05, 4.69) is 15.2 Å². The highest BCUT2D eigenvalue weighted by molar-refractivity contribution is 6.31. The molecule has 0 aliphatic carbocycles. The number of rotatable bonds is 5. The van der Waals surface area contributed by atoms with Crippen molar-refractivity contribution in [3.8, 4) is 17.3 Å². The molecule has 0 spiro atoms. The molecule has 27 heavy (non-hydrogen) atoms. The van der Waals surface area contributed by atoms with Gasteiger partial charge in [0.1, 0.15) is 5.02 Å². The Morgan fingerprint density at radius 2 is 1.93 bits per heavy atom. The van der Waals surface area contributed by atoms with E-state index in [-0.39, 0.29) is 35.0 Å². The van der Waals surface area contributed by atoms with Gasteiger partial charge in [-0.1, -0.05) is 11.6 Å². The molecule has 0 fully saturated rings. The van der Waals surface area contributed by atoms with Crippen LogP contribution in [0.1, 0.15) is 11.5 Å². The summed E-state index contributed by atoms with van der Waals surface area (Å²) >= 11 is 5.73. The number of aromatic nitrogens is 3. The van der Waals surface area contributed by atoms with Crippen LogP contribution in [0, 0.1) is 10.1 Å². The summed E-state index contributed by atoms with van der Waals surface area (Å²) in [6, 6.07) is 6.12. The van der Waals surface area contributed by atoms with E-state index in [4.69, 9.17) is 20.8 Å². The van der Waals surface area contributed by atoms with E-state index in [1.165, 1.54) is 24.3 Å². The molecule has 3 rings (SSSR count). The number of nitro groups is 1. The maximum Gasteiger partial charge on any atom is 0.417 e. The van der Waals surface area contributed by atoms with Crippen LogP contribution in [-0.4, -0.2) is 20.1 Å². The predicted octanol–water partition coefficient (Wildman–Crippen LogP) is 4.29. The Hall–Kier alpha value is -3.21. The van der Waals surface area contributed by atoms with E-state index in [0.717, 1.165) is 0 Å². The van der Waals surface area contributed by atoms with Crippen LogP contribution in [0.2, 0.25) is 5.02 Å². The highest BCUT2D eigenvalue weighted by atomic mass is 35.5. The van der Waals surface area contributed by atoms with E-state index >= 15 is 0 Å². The molecular formula is C15H8ClF3N4O4. The Morgan fingerprint density at radius 3 is 2.52 bits per heavy atom. The van der Waals surface area contributed by atoms with Gasteiger partial charge in [-0.2, -0.15) is 13.2 Å². The lowest BCUT2D eigenvalue weighted by molar-refractivity contribution is -0.384. The van der Waals surface area contributed by atoms with Crippen molar-refractivity contribution < 1.29 is 27.2 Å². The molecule has 0 aliphatic heterocycles. The second-order valence-corrected chi connectivity index (χ2v) is 5.51. The number of non-ortho nitro benzene ring substituents is 1. The molecule has 0 N–H and O–H groups in total. The first-order valence-electron chi connectivity index (χ1n) is 7.17. The lowest BCUT2D eigenvalue weighted by Crippen LogP contribution is -2.06. The Balaban J connectivity index is 1.69. The molecule has 8 nitrogen and oxygen atoms in total. The Kier molecular flexibility index (Phi) is 4.95. The quantitative estimate of drug-likeness (QED) is 0.464. The lowest BCUT2D eigenvalue weighted by atomic mass is 10.2. The minimum atomic E-state index is -4.57. The van der Waals surface area contributed by atoms with E-state index in [9.17, 15) is 23.3 Å². The van der Waals surface area contributed by atoms with Crippen molar-refractivity contribution in [3.63, 3.8) is 0 Å². The third-order valence-corrected chi connectivity index (χ3v) is 3.53. The molecule has 1 aromatic carbocycles. The number of pyridine rings is 1. The first-order valence-corrected chi connectivity index (χ1v) is 7.54. The summed E-state index contributed by atoms with van der Waals surface area (Å²) in [5.74, 6) is -0.115. The van der Waals surface area contributed by atoms with E-state index in [0.29, 0.717) is 17.8 Å². The van der Waals surface area contributed by atoms with Crippen LogP contribution in [0.5, 0.6) is 5.88 Å². The summed E-state index contributed by atoms with van der Waals surface area (Å²) in [7, 11) is 0. The molecule has 0 aliphatic rings. The number of hydrogen-bond acceptors (Lipinski definition) is 7. The largest absolute Gasteiger partial charge is 0.467 e. The van der Waals surface area contributed by atoms with Gasteiger partial charge in [0.15, 0.2) is 6.61 Å². The predicted molar refractivity (Wildman–Crippen MR) is 85.0 cm³/mol. The highest BCUT2D eigenvalue weighted by Gasteiger charge is 2.31. The second kappa shape index (κ2) is 7.19. The lowest BCUT2D eigenvalue weighted by Gasteiger charge is -2.09. The van der Waals surface area contributed by atoms with Crippen molar-refractivity contribution >= 4 is 17.3 Å². The summed E-state index contributed by atoms with van der Waals surface area (Å²) < 4.78 is 48.3. The van der Waals surface area contributed by atoms with Crippen LogP contribution in [0.4, 0.5) is 18.9 Å². The normalized spacial score (nSPS) is 11.4. The highest BCUT2D eigenvalue weighted by Crippen LogP contribution is 2.33. The number of nitrogens with zero attached hydrogens (tertiary/aromatic N) is 4. The topological polar surface area (TPSA) is 104 Å². The average Bonchev–Trinajstić information content (AvgIpc) is 3.09. The number of nitro benzene ring substituents is 1. The number of ether oxygens (including phenoxy) is 1. The van der Waals surface area contributed by atoms with Gasteiger partial charge in [0.05, 0.1) is 10.5 Å².